The number of hydrogen-bond acceptors (Lipinski definition) is 11. The van der Waals surface area contributed by atoms with Gasteiger partial charge in [-0.25, -0.2) is 23.7 Å². The van der Waals surface area contributed by atoms with Gasteiger partial charge in [0.25, 0.3) is 0 Å². The highest BCUT2D eigenvalue weighted by Gasteiger charge is 2.28. The van der Waals surface area contributed by atoms with Crippen molar-refractivity contribution >= 4 is 45.7 Å². The number of ether oxygens (including phenoxy) is 2. The van der Waals surface area contributed by atoms with Crippen molar-refractivity contribution in [1.82, 2.24) is 24.8 Å². The fourth-order valence-corrected chi connectivity index (χ4v) is 4.07. The zero-order valence-electron chi connectivity index (χ0n) is 24.2. The van der Waals surface area contributed by atoms with Crippen LogP contribution in [0, 0.1) is 18.6 Å². The molecule has 0 aliphatic carbocycles. The van der Waals surface area contributed by atoms with E-state index in [4.69, 9.17) is 9.47 Å². The quantitative estimate of drug-likeness (QED) is 0.162. The third-order valence-electron chi connectivity index (χ3n) is 6.27. The molecule has 12 nitrogen and oxygen atoms in total. The van der Waals surface area contributed by atoms with Crippen molar-refractivity contribution in [2.75, 3.05) is 57.4 Å². The standard InChI is InChI=1S/C29H30F2N8O4/c1-7-21(40)35-18-14-32-12-15(2)25(18)37-29-34-13-16-10-17(36-28(26(16)38-29)33-8-9-39(3)4)27(41)22-23(30)19(42-5)11-20(43-6)24(22)31/h7,10-14H,1,8-9H2,2-6H3,(H,33,36)(H,35,40)(H,32,34,37,38). The normalized spacial score (nSPS) is 10.9. The van der Waals surface area contributed by atoms with E-state index >= 15 is 8.78 Å². The number of pyridine rings is 2. The number of hydrogen-bond donors (Lipinski definition) is 3. The van der Waals surface area contributed by atoms with Gasteiger partial charge in [-0.05, 0) is 38.7 Å². The first-order chi connectivity index (χ1) is 20.6. The molecule has 3 heterocycles. The molecule has 0 fully saturated rings. The fraction of sp³-hybridized carbons (Fsp3) is 0.241. The smallest absolute Gasteiger partial charge is 0.247 e. The number of rotatable bonds is 12. The lowest BCUT2D eigenvalue weighted by molar-refractivity contribution is -0.111. The number of aromatic nitrogens is 4. The van der Waals surface area contributed by atoms with Crippen LogP contribution in [0.25, 0.3) is 10.9 Å². The molecule has 0 bridgehead atoms. The minimum Gasteiger partial charge on any atom is -0.494 e. The van der Waals surface area contributed by atoms with Crippen LogP contribution in [0.2, 0.25) is 0 Å². The first-order valence-electron chi connectivity index (χ1n) is 12.9. The molecule has 43 heavy (non-hydrogen) atoms. The average molecular weight is 593 g/mol. The van der Waals surface area contributed by atoms with E-state index in [2.05, 4.69) is 42.5 Å². The predicted molar refractivity (Wildman–Crippen MR) is 158 cm³/mol. The number of likely N-dealkylation sites (N-methyl/N-ethyl adjacent to an activating group) is 1. The van der Waals surface area contributed by atoms with Crippen LogP contribution >= 0.6 is 0 Å². The van der Waals surface area contributed by atoms with E-state index < -0.39 is 28.9 Å². The number of carbonyl (C=O) groups excluding carboxylic acids is 2. The molecule has 0 saturated carbocycles. The van der Waals surface area contributed by atoms with Gasteiger partial charge in [0.15, 0.2) is 29.0 Å². The van der Waals surface area contributed by atoms with Crippen LogP contribution in [0.1, 0.15) is 21.6 Å². The SMILES string of the molecule is C=CC(=O)Nc1cncc(C)c1Nc1ncc2cc(C(=O)c3c(F)c(OC)cc(OC)c3F)nc(NCCN(C)C)c2n1. The fourth-order valence-electron chi connectivity index (χ4n) is 4.07. The molecule has 1 aromatic carbocycles. The Labute approximate surface area is 246 Å². The number of carbonyl (C=O) groups is 2. The Hall–Kier alpha value is -5.24. The second kappa shape index (κ2) is 13.2. The summed E-state index contributed by atoms with van der Waals surface area (Å²) < 4.78 is 40.3. The van der Waals surface area contributed by atoms with Crippen LogP contribution in [-0.4, -0.2) is 77.9 Å². The summed E-state index contributed by atoms with van der Waals surface area (Å²) in [6, 6.07) is 2.36. The minimum atomic E-state index is -1.18. The van der Waals surface area contributed by atoms with E-state index in [1.54, 1.807) is 13.1 Å². The highest BCUT2D eigenvalue weighted by Crippen LogP contribution is 2.34. The molecule has 0 aliphatic heterocycles. The second-order valence-corrected chi connectivity index (χ2v) is 9.53. The van der Waals surface area contributed by atoms with Crippen molar-refractivity contribution in [1.29, 1.82) is 0 Å². The van der Waals surface area contributed by atoms with Crippen molar-refractivity contribution in [2.24, 2.45) is 0 Å². The van der Waals surface area contributed by atoms with Gasteiger partial charge in [-0.3, -0.25) is 14.6 Å². The van der Waals surface area contributed by atoms with Crippen molar-refractivity contribution in [3.8, 4) is 11.5 Å². The minimum absolute atomic E-state index is 0.155. The molecule has 224 valence electrons. The number of benzene rings is 1. The number of ketones is 1. The number of fused-ring (bicyclic) bond motifs is 1. The summed E-state index contributed by atoms with van der Waals surface area (Å²) in [5.41, 5.74) is 0.798. The van der Waals surface area contributed by atoms with E-state index in [0.29, 0.717) is 40.9 Å². The molecule has 0 unspecified atom stereocenters. The Morgan fingerprint density at radius 3 is 2.37 bits per heavy atom. The average Bonchev–Trinajstić information content (AvgIpc) is 2.98. The Balaban J connectivity index is 1.81. The molecule has 0 radical (unpaired) electrons. The van der Waals surface area contributed by atoms with Gasteiger partial charge in [-0.15, -0.1) is 0 Å². The van der Waals surface area contributed by atoms with Crippen molar-refractivity contribution < 1.29 is 27.8 Å². The van der Waals surface area contributed by atoms with Gasteiger partial charge in [0.05, 0.1) is 31.8 Å². The van der Waals surface area contributed by atoms with Gasteiger partial charge in [0.2, 0.25) is 17.6 Å². The van der Waals surface area contributed by atoms with Gasteiger partial charge in [0, 0.05) is 36.9 Å². The van der Waals surface area contributed by atoms with E-state index in [9.17, 15) is 9.59 Å². The zero-order chi connectivity index (χ0) is 31.3. The van der Waals surface area contributed by atoms with Gasteiger partial charge in [-0.1, -0.05) is 6.58 Å². The maximum atomic E-state index is 15.2. The van der Waals surface area contributed by atoms with Crippen LogP contribution in [-0.2, 0) is 4.79 Å². The van der Waals surface area contributed by atoms with Crippen LogP contribution in [0.5, 0.6) is 11.5 Å². The molecule has 0 atom stereocenters. The topological polar surface area (TPSA) is 143 Å². The van der Waals surface area contributed by atoms with Gasteiger partial charge >= 0.3 is 0 Å². The number of halogens is 2. The highest BCUT2D eigenvalue weighted by molar-refractivity contribution is 6.11. The molecule has 1 amide bonds. The Bertz CT molecular complexity index is 1690. The third kappa shape index (κ3) is 6.64. The van der Waals surface area contributed by atoms with E-state index in [1.807, 2.05) is 19.0 Å². The van der Waals surface area contributed by atoms with Crippen LogP contribution in [0.3, 0.4) is 0 Å². The molecule has 14 heteroatoms. The van der Waals surface area contributed by atoms with Crippen molar-refractivity contribution in [3.63, 3.8) is 0 Å². The summed E-state index contributed by atoms with van der Waals surface area (Å²) in [5, 5.41) is 9.31. The largest absolute Gasteiger partial charge is 0.494 e. The van der Waals surface area contributed by atoms with E-state index in [0.717, 1.165) is 12.1 Å². The predicted octanol–water partition coefficient (Wildman–Crippen LogP) is 4.10. The molecule has 0 aliphatic rings. The molecular weight excluding hydrogens is 562 g/mol. The van der Waals surface area contributed by atoms with Crippen LogP contribution in [0.15, 0.2) is 43.4 Å². The lowest BCUT2D eigenvalue weighted by Crippen LogP contribution is -2.22. The molecular formula is C29H30F2N8O4. The number of anilines is 4. The first-order valence-corrected chi connectivity index (χ1v) is 12.9. The maximum Gasteiger partial charge on any atom is 0.247 e. The summed E-state index contributed by atoms with van der Waals surface area (Å²) >= 11 is 0. The molecule has 4 rings (SSSR count). The lowest BCUT2D eigenvalue weighted by atomic mass is 10.0. The molecule has 0 spiro atoms. The summed E-state index contributed by atoms with van der Waals surface area (Å²) in [6.45, 7) is 6.28. The Kier molecular flexibility index (Phi) is 9.40. The number of amides is 1. The van der Waals surface area contributed by atoms with Gasteiger partial charge in [0.1, 0.15) is 16.8 Å². The van der Waals surface area contributed by atoms with Crippen molar-refractivity contribution in [2.45, 2.75) is 6.92 Å². The summed E-state index contributed by atoms with van der Waals surface area (Å²) in [6.07, 6.45) is 5.65. The summed E-state index contributed by atoms with van der Waals surface area (Å²) in [7, 11) is 6.16. The number of methoxy groups -OCH3 is 2. The van der Waals surface area contributed by atoms with Gasteiger partial charge in [-0.2, -0.15) is 0 Å². The maximum absolute atomic E-state index is 15.2. The number of aryl methyl sites for hydroxylation is 1. The second-order valence-electron chi connectivity index (χ2n) is 9.53. The Morgan fingerprint density at radius 1 is 1.05 bits per heavy atom. The monoisotopic (exact) mass is 592 g/mol. The summed E-state index contributed by atoms with van der Waals surface area (Å²) in [4.78, 5) is 44.9. The van der Waals surface area contributed by atoms with E-state index in [-0.39, 0.29) is 29.0 Å². The lowest BCUT2D eigenvalue weighted by Gasteiger charge is -2.16. The third-order valence-corrected chi connectivity index (χ3v) is 6.27. The highest BCUT2D eigenvalue weighted by atomic mass is 19.1. The first kappa shape index (κ1) is 30.7. The molecule has 4 aromatic rings. The zero-order valence-corrected chi connectivity index (χ0v) is 24.2. The summed E-state index contributed by atoms with van der Waals surface area (Å²) in [5.74, 6) is -4.19. The van der Waals surface area contributed by atoms with Crippen LogP contribution in [0.4, 0.5) is 31.9 Å². The molecule has 3 aromatic heterocycles. The Morgan fingerprint density at radius 2 is 1.74 bits per heavy atom. The van der Waals surface area contributed by atoms with E-state index in [1.165, 1.54) is 32.7 Å². The molecule has 0 saturated heterocycles. The van der Waals surface area contributed by atoms with Crippen molar-refractivity contribution in [3.05, 3.63) is 71.8 Å². The van der Waals surface area contributed by atoms with Crippen LogP contribution < -0.4 is 25.4 Å². The number of nitrogens with one attached hydrogen (secondary N) is 3. The van der Waals surface area contributed by atoms with Gasteiger partial charge < -0.3 is 30.3 Å². The number of nitrogens with zero attached hydrogens (tertiary/aromatic N) is 5. The molecule has 3 N–H and O–H groups in total.